The molecule has 0 saturated carbocycles. The van der Waals surface area contributed by atoms with Gasteiger partial charge >= 0.3 is 0 Å². The molecule has 0 aliphatic carbocycles. The van der Waals surface area contributed by atoms with Crippen LogP contribution in [0.25, 0.3) is 0 Å². The van der Waals surface area contributed by atoms with Crippen LogP contribution in [-0.2, 0) is 16.6 Å². The Bertz CT molecular complexity index is 357. The van der Waals surface area contributed by atoms with E-state index in [0.29, 0.717) is 18.8 Å². The van der Waals surface area contributed by atoms with Crippen molar-refractivity contribution in [1.29, 1.82) is 0 Å². The highest BCUT2D eigenvalue weighted by Gasteiger charge is 2.17. The molecule has 1 aromatic heterocycles. The van der Waals surface area contributed by atoms with Gasteiger partial charge in [-0.05, 0) is 0 Å². The Morgan fingerprint density at radius 3 is 3.31 bits per heavy atom. The molecule has 1 aromatic rings. The lowest BCUT2D eigenvalue weighted by molar-refractivity contribution is -0.119. The van der Waals surface area contributed by atoms with Gasteiger partial charge in [0.05, 0.1) is 25.3 Å². The average molecular weight is 224 g/mol. The normalized spacial score (nSPS) is 20.7. The Labute approximate surface area is 94.0 Å². The molecular formula is C10H16N4O2. The second-order valence-electron chi connectivity index (χ2n) is 3.79. The van der Waals surface area contributed by atoms with Crippen molar-refractivity contribution >= 4 is 11.7 Å². The van der Waals surface area contributed by atoms with Crippen LogP contribution in [0, 0.1) is 0 Å². The first-order valence-electron chi connectivity index (χ1n) is 5.36. The van der Waals surface area contributed by atoms with Crippen LogP contribution in [0.5, 0.6) is 0 Å². The lowest BCUT2D eigenvalue weighted by Crippen LogP contribution is -2.40. The van der Waals surface area contributed by atoms with E-state index in [1.807, 2.05) is 0 Å². The maximum Gasteiger partial charge on any atom is 0.228 e. The van der Waals surface area contributed by atoms with Crippen molar-refractivity contribution in [2.75, 3.05) is 25.0 Å². The summed E-state index contributed by atoms with van der Waals surface area (Å²) in [5, 5.41) is 9.95. The van der Waals surface area contributed by atoms with Crippen LogP contribution in [0.1, 0.15) is 6.42 Å². The van der Waals surface area contributed by atoms with Crippen LogP contribution < -0.4 is 10.6 Å². The van der Waals surface area contributed by atoms with Crippen LogP contribution in [0.2, 0.25) is 0 Å². The number of morpholine rings is 1. The minimum Gasteiger partial charge on any atom is -0.375 e. The molecule has 2 heterocycles. The van der Waals surface area contributed by atoms with Gasteiger partial charge in [-0.15, -0.1) is 0 Å². The van der Waals surface area contributed by atoms with Gasteiger partial charge in [-0.3, -0.25) is 9.48 Å². The molecular weight excluding hydrogens is 208 g/mol. The Hall–Kier alpha value is -1.40. The molecule has 0 spiro atoms. The fourth-order valence-electron chi connectivity index (χ4n) is 1.65. The maximum atomic E-state index is 11.7. The molecule has 1 amide bonds. The van der Waals surface area contributed by atoms with Gasteiger partial charge < -0.3 is 15.4 Å². The number of nitrogens with zero attached hydrogens (tertiary/aromatic N) is 2. The van der Waals surface area contributed by atoms with Crippen molar-refractivity contribution in [2.24, 2.45) is 7.05 Å². The highest BCUT2D eigenvalue weighted by Crippen LogP contribution is 2.07. The zero-order chi connectivity index (χ0) is 11.4. The van der Waals surface area contributed by atoms with Crippen LogP contribution in [0.3, 0.4) is 0 Å². The molecule has 2 rings (SSSR count). The summed E-state index contributed by atoms with van der Waals surface area (Å²) >= 11 is 0. The molecule has 6 heteroatoms. The van der Waals surface area contributed by atoms with Crippen LogP contribution in [-0.4, -0.2) is 41.5 Å². The monoisotopic (exact) mass is 224 g/mol. The molecule has 1 unspecified atom stereocenters. The quantitative estimate of drug-likeness (QED) is 0.742. The number of carbonyl (C=O) groups is 1. The van der Waals surface area contributed by atoms with E-state index >= 15 is 0 Å². The molecule has 0 bridgehead atoms. The summed E-state index contributed by atoms with van der Waals surface area (Å²) in [5.41, 5.74) is 0. The minimum atomic E-state index is -0.0442. The number of aryl methyl sites for hydroxylation is 1. The number of rotatable bonds is 3. The molecule has 1 saturated heterocycles. The Morgan fingerprint density at radius 2 is 2.69 bits per heavy atom. The second-order valence-corrected chi connectivity index (χ2v) is 3.79. The fraction of sp³-hybridized carbons (Fsp3) is 0.600. The van der Waals surface area contributed by atoms with E-state index in [1.54, 1.807) is 24.0 Å². The standard InChI is InChI=1S/C10H16N4O2/c1-14-9(2-3-12-14)13-10(15)6-8-7-11-4-5-16-8/h2-3,8,11H,4-7H2,1H3,(H,13,15). The zero-order valence-corrected chi connectivity index (χ0v) is 9.27. The summed E-state index contributed by atoms with van der Waals surface area (Å²) in [7, 11) is 1.79. The third-order valence-corrected chi connectivity index (χ3v) is 2.51. The molecule has 1 fully saturated rings. The third kappa shape index (κ3) is 2.80. The van der Waals surface area contributed by atoms with E-state index < -0.39 is 0 Å². The average Bonchev–Trinajstić information content (AvgIpc) is 2.66. The van der Waals surface area contributed by atoms with E-state index in [2.05, 4.69) is 15.7 Å². The van der Waals surface area contributed by atoms with E-state index in [-0.39, 0.29) is 12.0 Å². The van der Waals surface area contributed by atoms with Gasteiger partial charge in [0.25, 0.3) is 0 Å². The molecule has 1 aliphatic rings. The number of ether oxygens (including phenoxy) is 1. The fourth-order valence-corrected chi connectivity index (χ4v) is 1.65. The number of anilines is 1. The Morgan fingerprint density at radius 1 is 1.81 bits per heavy atom. The first kappa shape index (κ1) is 11.1. The van der Waals surface area contributed by atoms with Crippen molar-refractivity contribution in [3.05, 3.63) is 12.3 Å². The van der Waals surface area contributed by atoms with Crippen LogP contribution in [0.15, 0.2) is 12.3 Å². The second kappa shape index (κ2) is 5.09. The lowest BCUT2D eigenvalue weighted by atomic mass is 10.2. The maximum absolute atomic E-state index is 11.7. The molecule has 1 aliphatic heterocycles. The first-order valence-corrected chi connectivity index (χ1v) is 5.36. The zero-order valence-electron chi connectivity index (χ0n) is 9.27. The smallest absolute Gasteiger partial charge is 0.228 e. The first-order chi connectivity index (χ1) is 7.75. The molecule has 0 aromatic carbocycles. The summed E-state index contributed by atoms with van der Waals surface area (Å²) < 4.78 is 7.08. The van der Waals surface area contributed by atoms with Crippen molar-refractivity contribution in [2.45, 2.75) is 12.5 Å². The molecule has 88 valence electrons. The van der Waals surface area contributed by atoms with Gasteiger partial charge in [-0.1, -0.05) is 0 Å². The van der Waals surface area contributed by atoms with E-state index in [4.69, 9.17) is 4.74 Å². The van der Waals surface area contributed by atoms with Crippen molar-refractivity contribution in [3.8, 4) is 0 Å². The third-order valence-electron chi connectivity index (χ3n) is 2.51. The number of aromatic nitrogens is 2. The molecule has 6 nitrogen and oxygen atoms in total. The number of nitrogens with one attached hydrogen (secondary N) is 2. The van der Waals surface area contributed by atoms with Gasteiger partial charge in [0.1, 0.15) is 5.82 Å². The number of carbonyl (C=O) groups excluding carboxylic acids is 1. The van der Waals surface area contributed by atoms with E-state index in [1.165, 1.54) is 0 Å². The van der Waals surface area contributed by atoms with Crippen LogP contribution >= 0.6 is 0 Å². The largest absolute Gasteiger partial charge is 0.375 e. The number of hydrogen-bond acceptors (Lipinski definition) is 4. The van der Waals surface area contributed by atoms with Gasteiger partial charge in [-0.2, -0.15) is 5.10 Å². The predicted octanol–water partition coefficient (Wildman–Crippen LogP) is -0.263. The highest BCUT2D eigenvalue weighted by atomic mass is 16.5. The summed E-state index contributed by atoms with van der Waals surface area (Å²) in [6.07, 6.45) is 1.99. The van der Waals surface area contributed by atoms with Gasteiger partial charge in [-0.25, -0.2) is 0 Å². The topological polar surface area (TPSA) is 68.2 Å². The van der Waals surface area contributed by atoms with Crippen LogP contribution in [0.4, 0.5) is 5.82 Å². The molecule has 0 radical (unpaired) electrons. The predicted molar refractivity (Wildman–Crippen MR) is 59.1 cm³/mol. The van der Waals surface area contributed by atoms with Gasteiger partial charge in [0.15, 0.2) is 0 Å². The Balaban J connectivity index is 1.82. The van der Waals surface area contributed by atoms with E-state index in [0.717, 1.165) is 13.1 Å². The molecule has 1 atom stereocenters. The van der Waals surface area contributed by atoms with Gasteiger partial charge in [0.2, 0.25) is 5.91 Å². The summed E-state index contributed by atoms with van der Waals surface area (Å²) in [6.45, 7) is 2.27. The Kier molecular flexibility index (Phi) is 3.53. The number of amides is 1. The summed E-state index contributed by atoms with van der Waals surface area (Å²) in [5.74, 6) is 0.658. The highest BCUT2D eigenvalue weighted by molar-refractivity contribution is 5.90. The van der Waals surface area contributed by atoms with Crippen molar-refractivity contribution in [1.82, 2.24) is 15.1 Å². The SMILES string of the molecule is Cn1nccc1NC(=O)CC1CNCCO1. The van der Waals surface area contributed by atoms with Crippen molar-refractivity contribution < 1.29 is 9.53 Å². The number of hydrogen-bond donors (Lipinski definition) is 2. The summed E-state index contributed by atoms with van der Waals surface area (Å²) in [6, 6.07) is 1.76. The molecule has 2 N–H and O–H groups in total. The minimum absolute atomic E-state index is 0.0259. The van der Waals surface area contributed by atoms with Gasteiger partial charge in [0, 0.05) is 26.2 Å². The summed E-state index contributed by atoms with van der Waals surface area (Å²) in [4.78, 5) is 11.7. The lowest BCUT2D eigenvalue weighted by Gasteiger charge is -2.22. The van der Waals surface area contributed by atoms with E-state index in [9.17, 15) is 4.79 Å². The van der Waals surface area contributed by atoms with Crippen molar-refractivity contribution in [3.63, 3.8) is 0 Å². The molecule has 16 heavy (non-hydrogen) atoms.